The molecule has 0 aliphatic heterocycles. The molecule has 0 bridgehead atoms. The van der Waals surface area contributed by atoms with Crippen LogP contribution in [0.25, 0.3) is 0 Å². The number of nitrogens with one attached hydrogen (secondary N) is 1. The monoisotopic (exact) mass is 274 g/mol. The zero-order chi connectivity index (χ0) is 14.8. The third-order valence-electron chi connectivity index (χ3n) is 3.04. The van der Waals surface area contributed by atoms with Gasteiger partial charge in [0.25, 0.3) is 5.91 Å². The zero-order valence-electron chi connectivity index (χ0n) is 11.8. The van der Waals surface area contributed by atoms with Crippen molar-refractivity contribution in [3.63, 3.8) is 0 Å². The maximum Gasteiger partial charge on any atom is 0.325 e. The third-order valence-corrected chi connectivity index (χ3v) is 3.04. The van der Waals surface area contributed by atoms with Crippen LogP contribution in [-0.2, 0) is 9.59 Å². The van der Waals surface area contributed by atoms with Gasteiger partial charge in [0.05, 0.1) is 0 Å². The lowest BCUT2D eigenvalue weighted by Gasteiger charge is -2.19. The minimum Gasteiger partial charge on any atom is -0.480 e. The largest absolute Gasteiger partial charge is 0.480 e. The fourth-order valence-corrected chi connectivity index (χ4v) is 1.70. The van der Waals surface area contributed by atoms with E-state index in [1.807, 2.05) is 0 Å². The van der Waals surface area contributed by atoms with Crippen LogP contribution in [0.3, 0.4) is 0 Å². The van der Waals surface area contributed by atoms with E-state index in [1.165, 1.54) is 13.3 Å². The van der Waals surface area contributed by atoms with Gasteiger partial charge in [-0.05, 0) is 13.3 Å². The Bertz CT molecular complexity index is 284. The predicted octanol–water partition coefficient (Wildman–Crippen LogP) is 0.624. The van der Waals surface area contributed by atoms with Crippen molar-refractivity contribution in [3.05, 3.63) is 0 Å². The second kappa shape index (κ2) is 9.75. The summed E-state index contributed by atoms with van der Waals surface area (Å²) in [5.41, 5.74) is 5.73. The molecule has 0 aromatic carbocycles. The molecule has 0 saturated carbocycles. The van der Waals surface area contributed by atoms with Crippen molar-refractivity contribution in [3.8, 4) is 0 Å². The van der Waals surface area contributed by atoms with E-state index in [-0.39, 0.29) is 0 Å². The lowest BCUT2D eigenvalue weighted by atomic mass is 10.0. The van der Waals surface area contributed by atoms with Crippen molar-refractivity contribution >= 4 is 11.9 Å². The maximum atomic E-state index is 11.5. The number of carboxylic acid groups (broad SMARTS) is 1. The van der Waals surface area contributed by atoms with Crippen molar-refractivity contribution in [2.45, 2.75) is 70.6 Å². The number of nitrogens with two attached hydrogens (primary N) is 1. The van der Waals surface area contributed by atoms with Crippen LogP contribution < -0.4 is 11.1 Å². The Morgan fingerprint density at radius 2 is 1.79 bits per heavy atom. The van der Waals surface area contributed by atoms with Gasteiger partial charge in [0, 0.05) is 6.04 Å². The summed E-state index contributed by atoms with van der Waals surface area (Å²) in [5, 5.41) is 20.5. The average Bonchev–Trinajstić information content (AvgIpc) is 2.36. The lowest BCUT2D eigenvalue weighted by molar-refractivity contribution is -0.143. The molecule has 0 saturated heterocycles. The van der Waals surface area contributed by atoms with E-state index in [1.54, 1.807) is 0 Å². The van der Waals surface area contributed by atoms with Crippen molar-refractivity contribution in [1.29, 1.82) is 0 Å². The molecule has 0 aliphatic rings. The number of carboxylic acids is 1. The van der Waals surface area contributed by atoms with Gasteiger partial charge in [-0.1, -0.05) is 39.0 Å². The highest BCUT2D eigenvalue weighted by Gasteiger charge is 2.25. The number of unbranched alkanes of at least 4 members (excludes halogenated alkanes) is 4. The van der Waals surface area contributed by atoms with E-state index < -0.39 is 30.1 Å². The number of aliphatic carboxylic acids is 1. The Hall–Kier alpha value is -1.14. The highest BCUT2D eigenvalue weighted by Crippen LogP contribution is 2.08. The Balaban J connectivity index is 3.93. The molecule has 0 fully saturated rings. The van der Waals surface area contributed by atoms with Crippen molar-refractivity contribution < 1.29 is 19.8 Å². The third kappa shape index (κ3) is 7.79. The van der Waals surface area contributed by atoms with Gasteiger partial charge in [-0.2, -0.15) is 0 Å². The number of carbonyl (C=O) groups excluding carboxylic acids is 1. The summed E-state index contributed by atoms with van der Waals surface area (Å²) in [6.07, 6.45) is 4.55. The molecule has 5 N–H and O–H groups in total. The molecule has 0 rings (SSSR count). The number of aliphatic hydroxyl groups is 1. The van der Waals surface area contributed by atoms with E-state index in [2.05, 4.69) is 12.2 Å². The van der Waals surface area contributed by atoms with Crippen LogP contribution in [0, 0.1) is 0 Å². The fourth-order valence-electron chi connectivity index (χ4n) is 1.70. The first-order valence-corrected chi connectivity index (χ1v) is 6.87. The molecule has 0 aliphatic carbocycles. The first-order valence-electron chi connectivity index (χ1n) is 6.87. The smallest absolute Gasteiger partial charge is 0.325 e. The van der Waals surface area contributed by atoms with Crippen molar-refractivity contribution in [2.24, 2.45) is 5.73 Å². The molecule has 19 heavy (non-hydrogen) atoms. The number of hydrogen-bond acceptors (Lipinski definition) is 4. The Morgan fingerprint density at radius 1 is 1.21 bits per heavy atom. The highest BCUT2D eigenvalue weighted by molar-refractivity contribution is 5.86. The average molecular weight is 274 g/mol. The van der Waals surface area contributed by atoms with Crippen molar-refractivity contribution in [2.75, 3.05) is 0 Å². The van der Waals surface area contributed by atoms with E-state index in [9.17, 15) is 14.7 Å². The predicted molar refractivity (Wildman–Crippen MR) is 72.6 cm³/mol. The maximum absolute atomic E-state index is 11.5. The molecule has 0 aromatic rings. The minimum atomic E-state index is -1.35. The molecule has 0 unspecified atom stereocenters. The summed E-state index contributed by atoms with van der Waals surface area (Å²) >= 11 is 0. The summed E-state index contributed by atoms with van der Waals surface area (Å²) in [6, 6.07) is -1.68. The van der Waals surface area contributed by atoms with E-state index >= 15 is 0 Å². The van der Waals surface area contributed by atoms with Gasteiger partial charge >= 0.3 is 5.97 Å². The van der Waals surface area contributed by atoms with Crippen LogP contribution in [0.2, 0.25) is 0 Å². The second-order valence-electron chi connectivity index (χ2n) is 4.88. The number of rotatable bonds is 10. The molecule has 112 valence electrons. The zero-order valence-corrected chi connectivity index (χ0v) is 11.8. The van der Waals surface area contributed by atoms with Gasteiger partial charge in [-0.25, -0.2) is 0 Å². The SMILES string of the molecule is CCCCCCC[C@@H](N)[C@H](O)C(=O)N[C@@H](C)C(=O)O. The fraction of sp³-hybridized carbons (Fsp3) is 0.846. The molecular formula is C13H26N2O4. The van der Waals surface area contributed by atoms with Crippen LogP contribution in [0.1, 0.15) is 52.4 Å². The van der Waals surface area contributed by atoms with Crippen LogP contribution >= 0.6 is 0 Å². The number of hydrogen-bond donors (Lipinski definition) is 4. The van der Waals surface area contributed by atoms with Crippen LogP contribution in [0.5, 0.6) is 0 Å². The molecule has 3 atom stereocenters. The van der Waals surface area contributed by atoms with Crippen LogP contribution in [0.15, 0.2) is 0 Å². The number of aliphatic hydroxyl groups excluding tert-OH is 1. The molecule has 0 spiro atoms. The summed E-state index contributed by atoms with van der Waals surface area (Å²) < 4.78 is 0. The van der Waals surface area contributed by atoms with Gasteiger partial charge in [0.2, 0.25) is 0 Å². The van der Waals surface area contributed by atoms with Gasteiger partial charge in [-0.15, -0.1) is 0 Å². The molecule has 6 heteroatoms. The summed E-state index contributed by atoms with van der Waals surface area (Å²) in [6.45, 7) is 3.46. The van der Waals surface area contributed by atoms with Gasteiger partial charge in [0.15, 0.2) is 0 Å². The van der Waals surface area contributed by atoms with E-state index in [0.717, 1.165) is 25.7 Å². The Labute approximate surface area is 114 Å². The number of amides is 1. The molecule has 0 aromatic heterocycles. The molecule has 1 amide bonds. The molecule has 6 nitrogen and oxygen atoms in total. The normalized spacial score (nSPS) is 15.6. The van der Waals surface area contributed by atoms with Gasteiger partial charge in [0.1, 0.15) is 12.1 Å². The second-order valence-corrected chi connectivity index (χ2v) is 4.88. The summed E-state index contributed by atoms with van der Waals surface area (Å²) in [4.78, 5) is 22.1. The standard InChI is InChI=1S/C13H26N2O4/c1-3-4-5-6-7-8-10(14)11(16)12(17)15-9(2)13(18)19/h9-11,16H,3-8,14H2,1-2H3,(H,15,17)(H,18,19)/t9-,10+,11-/m0/s1. The first kappa shape index (κ1) is 17.9. The van der Waals surface area contributed by atoms with Gasteiger partial charge in [-0.3, -0.25) is 9.59 Å². The summed E-state index contributed by atoms with van der Waals surface area (Å²) in [7, 11) is 0. The highest BCUT2D eigenvalue weighted by atomic mass is 16.4. The first-order chi connectivity index (χ1) is 8.90. The van der Waals surface area contributed by atoms with Crippen LogP contribution in [0.4, 0.5) is 0 Å². The molecular weight excluding hydrogens is 248 g/mol. The number of carbonyl (C=O) groups is 2. The topological polar surface area (TPSA) is 113 Å². The minimum absolute atomic E-state index is 0.555. The Morgan fingerprint density at radius 3 is 2.32 bits per heavy atom. The Kier molecular flexibility index (Phi) is 9.16. The molecule has 0 heterocycles. The van der Waals surface area contributed by atoms with Crippen molar-refractivity contribution in [1.82, 2.24) is 5.32 Å². The molecule has 0 radical (unpaired) electrons. The van der Waals surface area contributed by atoms with Crippen LogP contribution in [-0.4, -0.2) is 40.3 Å². The van der Waals surface area contributed by atoms with Gasteiger partial charge < -0.3 is 21.3 Å². The lowest BCUT2D eigenvalue weighted by Crippen LogP contribution is -2.50. The quantitative estimate of drug-likeness (QED) is 0.436. The van der Waals surface area contributed by atoms with E-state index in [0.29, 0.717) is 6.42 Å². The summed E-state index contributed by atoms with van der Waals surface area (Å²) in [5.74, 6) is -1.87. The van der Waals surface area contributed by atoms with E-state index in [4.69, 9.17) is 10.8 Å².